The van der Waals surface area contributed by atoms with E-state index in [2.05, 4.69) is 45.4 Å². The molecule has 1 saturated heterocycles. The van der Waals surface area contributed by atoms with Crippen LogP contribution in [0.15, 0.2) is 83.8 Å². The monoisotopic (exact) mass is 500 g/mol. The van der Waals surface area contributed by atoms with Gasteiger partial charge < -0.3 is 15.1 Å². The molecule has 0 saturated carbocycles. The molecule has 36 heavy (non-hydrogen) atoms. The summed E-state index contributed by atoms with van der Waals surface area (Å²) in [7, 11) is 0. The van der Waals surface area contributed by atoms with Crippen molar-refractivity contribution in [3.8, 4) is 0 Å². The van der Waals surface area contributed by atoms with E-state index in [0.29, 0.717) is 18.5 Å². The van der Waals surface area contributed by atoms with Gasteiger partial charge in [-0.1, -0.05) is 48.5 Å². The Bertz CT molecular complexity index is 1180. The van der Waals surface area contributed by atoms with Crippen LogP contribution in [0.3, 0.4) is 0 Å². The molecule has 6 nitrogen and oxygen atoms in total. The lowest BCUT2D eigenvalue weighted by atomic mass is 10.1. The Labute approximate surface area is 217 Å². The number of fused-ring (bicyclic) bond motifs is 1. The fourth-order valence-corrected chi connectivity index (χ4v) is 5.71. The maximum absolute atomic E-state index is 13.1. The summed E-state index contributed by atoms with van der Waals surface area (Å²) >= 11 is 1.74. The van der Waals surface area contributed by atoms with Crippen molar-refractivity contribution in [1.29, 1.82) is 0 Å². The Hall–Kier alpha value is -3.13. The summed E-state index contributed by atoms with van der Waals surface area (Å²) in [6.07, 6.45) is 0.456. The zero-order valence-corrected chi connectivity index (χ0v) is 21.3. The van der Waals surface area contributed by atoms with Crippen LogP contribution in [0.25, 0.3) is 0 Å². The molecular weight excluding hydrogens is 468 g/mol. The van der Waals surface area contributed by atoms with E-state index in [4.69, 9.17) is 0 Å². The van der Waals surface area contributed by atoms with Gasteiger partial charge in [-0.05, 0) is 35.9 Å². The van der Waals surface area contributed by atoms with E-state index in [1.807, 2.05) is 53.4 Å². The molecule has 3 aromatic rings. The lowest BCUT2D eigenvalue weighted by Gasteiger charge is -2.34. The van der Waals surface area contributed by atoms with Crippen LogP contribution in [0.4, 0.5) is 11.4 Å². The highest BCUT2D eigenvalue weighted by Crippen LogP contribution is 2.37. The van der Waals surface area contributed by atoms with Crippen molar-refractivity contribution in [3.63, 3.8) is 0 Å². The average Bonchev–Trinajstić information content (AvgIpc) is 2.93. The van der Waals surface area contributed by atoms with Gasteiger partial charge in [0.15, 0.2) is 0 Å². The number of nitrogens with one attached hydrogen (secondary N) is 1. The van der Waals surface area contributed by atoms with Gasteiger partial charge in [-0.3, -0.25) is 14.5 Å². The number of hydrogen-bond acceptors (Lipinski definition) is 5. The number of carbonyl (C=O) groups excluding carboxylic acids is 2. The minimum absolute atomic E-state index is 0.00561. The summed E-state index contributed by atoms with van der Waals surface area (Å²) in [6.45, 7) is 6.38. The number of amides is 2. The lowest BCUT2D eigenvalue weighted by molar-refractivity contribution is -0.116. The smallest absolute Gasteiger partial charge is 0.258 e. The first-order chi connectivity index (χ1) is 17.7. The third-order valence-corrected chi connectivity index (χ3v) is 7.78. The van der Waals surface area contributed by atoms with E-state index in [-0.39, 0.29) is 11.8 Å². The predicted octanol–water partition coefficient (Wildman–Crippen LogP) is 4.59. The van der Waals surface area contributed by atoms with Crippen LogP contribution in [0.2, 0.25) is 0 Å². The summed E-state index contributed by atoms with van der Waals surface area (Å²) in [6, 6.07) is 25.8. The van der Waals surface area contributed by atoms with Crippen LogP contribution in [0.5, 0.6) is 0 Å². The third kappa shape index (κ3) is 6.16. The molecule has 2 aliphatic rings. The van der Waals surface area contributed by atoms with Gasteiger partial charge in [0.1, 0.15) is 0 Å². The third-order valence-electron chi connectivity index (χ3n) is 6.74. The maximum Gasteiger partial charge on any atom is 0.258 e. The molecule has 7 heteroatoms. The van der Waals surface area contributed by atoms with Gasteiger partial charge >= 0.3 is 0 Å². The van der Waals surface area contributed by atoms with E-state index in [1.54, 1.807) is 11.8 Å². The first kappa shape index (κ1) is 24.6. The normalized spacial score (nSPS) is 16.4. The lowest BCUT2D eigenvalue weighted by Crippen LogP contribution is -2.46. The number of thioether (sulfide) groups is 1. The SMILES string of the molecule is O=C(CCN1CCN(Cc2ccccc2)CC1)Nc1ccc2c(c1)N(C(=O)c1ccccc1)CCS2. The number of benzene rings is 3. The first-order valence-electron chi connectivity index (χ1n) is 12.6. The zero-order chi connectivity index (χ0) is 24.7. The summed E-state index contributed by atoms with van der Waals surface area (Å²) < 4.78 is 0. The van der Waals surface area contributed by atoms with E-state index >= 15 is 0 Å². The highest BCUT2D eigenvalue weighted by molar-refractivity contribution is 7.99. The Morgan fingerprint density at radius 2 is 1.50 bits per heavy atom. The fourth-order valence-electron chi connectivity index (χ4n) is 4.74. The number of carbonyl (C=O) groups is 2. The van der Waals surface area contributed by atoms with Crippen LogP contribution in [0, 0.1) is 0 Å². The molecule has 1 N–H and O–H groups in total. The number of hydrogen-bond donors (Lipinski definition) is 1. The van der Waals surface area contributed by atoms with Gasteiger partial charge in [-0.25, -0.2) is 0 Å². The van der Waals surface area contributed by atoms with Crippen LogP contribution in [-0.4, -0.2) is 66.6 Å². The summed E-state index contributed by atoms with van der Waals surface area (Å²) in [5.41, 5.74) is 3.62. The Morgan fingerprint density at radius 3 is 2.25 bits per heavy atom. The topological polar surface area (TPSA) is 55.9 Å². The molecule has 0 bridgehead atoms. The fraction of sp³-hybridized carbons (Fsp3) is 0.310. The van der Waals surface area contributed by atoms with Crippen LogP contribution in [0.1, 0.15) is 22.3 Å². The van der Waals surface area contributed by atoms with Crippen molar-refractivity contribution in [2.24, 2.45) is 0 Å². The van der Waals surface area contributed by atoms with Crippen molar-refractivity contribution in [3.05, 3.63) is 90.0 Å². The van der Waals surface area contributed by atoms with E-state index < -0.39 is 0 Å². The Morgan fingerprint density at radius 1 is 0.806 bits per heavy atom. The number of anilines is 2. The number of nitrogens with zero attached hydrogens (tertiary/aromatic N) is 3. The summed E-state index contributed by atoms with van der Waals surface area (Å²) in [5, 5.41) is 3.05. The Balaban J connectivity index is 1.13. The van der Waals surface area contributed by atoms with Gasteiger partial charge in [0, 0.05) is 74.1 Å². The van der Waals surface area contributed by atoms with E-state index in [0.717, 1.165) is 61.3 Å². The van der Waals surface area contributed by atoms with E-state index in [1.165, 1.54) is 5.56 Å². The molecule has 2 heterocycles. The molecule has 1 fully saturated rings. The molecule has 0 aromatic heterocycles. The first-order valence-corrected chi connectivity index (χ1v) is 13.6. The minimum atomic E-state index is -0.00738. The van der Waals surface area contributed by atoms with Gasteiger partial charge in [0.25, 0.3) is 5.91 Å². The number of rotatable bonds is 7. The zero-order valence-electron chi connectivity index (χ0n) is 20.4. The number of piperazine rings is 1. The van der Waals surface area contributed by atoms with Crippen LogP contribution in [-0.2, 0) is 11.3 Å². The molecule has 5 rings (SSSR count). The molecule has 0 aliphatic carbocycles. The predicted molar refractivity (Wildman–Crippen MR) is 147 cm³/mol. The Kier molecular flexibility index (Phi) is 8.01. The molecular formula is C29H32N4O2S. The van der Waals surface area contributed by atoms with Crippen LogP contribution < -0.4 is 10.2 Å². The van der Waals surface area contributed by atoms with Crippen molar-refractivity contribution in [2.45, 2.75) is 17.9 Å². The molecule has 0 radical (unpaired) electrons. The highest BCUT2D eigenvalue weighted by atomic mass is 32.2. The highest BCUT2D eigenvalue weighted by Gasteiger charge is 2.25. The molecule has 2 amide bonds. The minimum Gasteiger partial charge on any atom is -0.326 e. The van der Waals surface area contributed by atoms with Crippen molar-refractivity contribution in [1.82, 2.24) is 9.80 Å². The average molecular weight is 501 g/mol. The molecule has 186 valence electrons. The second-order valence-corrected chi connectivity index (χ2v) is 10.4. The standard InChI is InChI=1S/C29H32N4O2S/c34-28(13-14-31-15-17-32(18-16-31)22-23-7-3-1-4-8-23)30-25-11-12-27-26(21-25)33(19-20-36-27)29(35)24-9-5-2-6-10-24/h1-12,21H,13-20,22H2,(H,30,34). The quantitative estimate of drug-likeness (QED) is 0.515. The van der Waals surface area contributed by atoms with E-state index in [9.17, 15) is 9.59 Å². The van der Waals surface area contributed by atoms with Crippen molar-refractivity contribution >= 4 is 35.0 Å². The van der Waals surface area contributed by atoms with Gasteiger partial charge in [0.2, 0.25) is 5.91 Å². The van der Waals surface area contributed by atoms with Crippen molar-refractivity contribution < 1.29 is 9.59 Å². The molecule has 0 unspecified atom stereocenters. The maximum atomic E-state index is 13.1. The second kappa shape index (κ2) is 11.7. The second-order valence-electron chi connectivity index (χ2n) is 9.26. The van der Waals surface area contributed by atoms with Gasteiger partial charge in [-0.2, -0.15) is 0 Å². The van der Waals surface area contributed by atoms with Gasteiger partial charge in [-0.15, -0.1) is 11.8 Å². The van der Waals surface area contributed by atoms with Crippen LogP contribution >= 0.6 is 11.8 Å². The molecule has 0 atom stereocenters. The largest absolute Gasteiger partial charge is 0.326 e. The molecule has 3 aromatic carbocycles. The van der Waals surface area contributed by atoms with Gasteiger partial charge in [0.05, 0.1) is 5.69 Å². The van der Waals surface area contributed by atoms with Crippen molar-refractivity contribution in [2.75, 3.05) is 55.2 Å². The molecule has 0 spiro atoms. The summed E-state index contributed by atoms with van der Waals surface area (Å²) in [5.74, 6) is 0.855. The molecule has 2 aliphatic heterocycles. The summed E-state index contributed by atoms with van der Waals surface area (Å²) in [4.78, 5) is 33.6.